The lowest BCUT2D eigenvalue weighted by atomic mass is 9.98. The summed E-state index contributed by atoms with van der Waals surface area (Å²) in [6.07, 6.45) is 0. The quantitative estimate of drug-likeness (QED) is 0.658. The minimum Gasteiger partial charge on any atom is -0.346 e. The Morgan fingerprint density at radius 3 is 2.31 bits per heavy atom. The highest BCUT2D eigenvalue weighted by Crippen LogP contribution is 2.19. The molecule has 132 valence electrons. The van der Waals surface area contributed by atoms with E-state index in [1.165, 1.54) is 0 Å². The Morgan fingerprint density at radius 1 is 1.00 bits per heavy atom. The molecule has 0 saturated heterocycles. The van der Waals surface area contributed by atoms with E-state index in [0.29, 0.717) is 29.2 Å². The van der Waals surface area contributed by atoms with E-state index >= 15 is 0 Å². The van der Waals surface area contributed by atoms with Gasteiger partial charge in [-0.15, -0.1) is 11.3 Å². The van der Waals surface area contributed by atoms with E-state index in [2.05, 4.69) is 24.1 Å². The zero-order valence-electron chi connectivity index (χ0n) is 14.7. The number of amides is 1. The molecule has 26 heavy (non-hydrogen) atoms. The number of carbonyl (C=O) groups is 2. The maximum Gasteiger partial charge on any atom is 0.252 e. The van der Waals surface area contributed by atoms with Crippen molar-refractivity contribution in [2.24, 2.45) is 0 Å². The van der Waals surface area contributed by atoms with Crippen LogP contribution in [0.25, 0.3) is 0 Å². The van der Waals surface area contributed by atoms with E-state index in [1.807, 2.05) is 23.6 Å². The van der Waals surface area contributed by atoms with Crippen LogP contribution in [-0.2, 0) is 6.54 Å². The van der Waals surface area contributed by atoms with Crippen molar-refractivity contribution in [2.75, 3.05) is 0 Å². The fraction of sp³-hybridized carbons (Fsp3) is 0.190. The number of nitrogens with zero attached hydrogens (tertiary/aromatic N) is 1. The van der Waals surface area contributed by atoms with Crippen molar-refractivity contribution in [1.29, 1.82) is 0 Å². The summed E-state index contributed by atoms with van der Waals surface area (Å²) in [5.74, 6) is -0.0650. The molecule has 4 nitrogen and oxygen atoms in total. The number of aromatic nitrogens is 1. The Labute approximate surface area is 156 Å². The smallest absolute Gasteiger partial charge is 0.252 e. The second-order valence-corrected chi connectivity index (χ2v) is 7.14. The van der Waals surface area contributed by atoms with Crippen LogP contribution in [0.4, 0.5) is 0 Å². The van der Waals surface area contributed by atoms with Gasteiger partial charge >= 0.3 is 0 Å². The first kappa shape index (κ1) is 18.0. The molecule has 0 fully saturated rings. The monoisotopic (exact) mass is 364 g/mol. The Morgan fingerprint density at radius 2 is 1.65 bits per heavy atom. The van der Waals surface area contributed by atoms with Gasteiger partial charge in [0.05, 0.1) is 22.8 Å². The van der Waals surface area contributed by atoms with Gasteiger partial charge in [-0.3, -0.25) is 9.59 Å². The van der Waals surface area contributed by atoms with Crippen molar-refractivity contribution in [3.63, 3.8) is 0 Å². The standard InChI is InChI=1S/C21H20N2O2S/c1-14(2)21-23-16(13-26-21)12-22-20(25)18-11-7-6-10-17(18)19(24)15-8-4-3-5-9-15/h3-11,13-14H,12H2,1-2H3,(H,22,25). The van der Waals surface area contributed by atoms with Crippen LogP contribution in [0, 0.1) is 0 Å². The minimum atomic E-state index is -0.274. The van der Waals surface area contributed by atoms with Crippen LogP contribution in [-0.4, -0.2) is 16.7 Å². The van der Waals surface area contributed by atoms with Gasteiger partial charge in [-0.25, -0.2) is 4.98 Å². The van der Waals surface area contributed by atoms with Crippen molar-refractivity contribution in [2.45, 2.75) is 26.3 Å². The summed E-state index contributed by atoms with van der Waals surface area (Å²) < 4.78 is 0. The van der Waals surface area contributed by atoms with Gasteiger partial charge in [0.25, 0.3) is 5.91 Å². The van der Waals surface area contributed by atoms with Gasteiger partial charge in [0.1, 0.15) is 0 Å². The highest BCUT2D eigenvalue weighted by atomic mass is 32.1. The third kappa shape index (κ3) is 4.06. The third-order valence-electron chi connectivity index (χ3n) is 3.95. The fourth-order valence-electron chi connectivity index (χ4n) is 2.56. The summed E-state index contributed by atoms with van der Waals surface area (Å²) in [4.78, 5) is 29.9. The van der Waals surface area contributed by atoms with Crippen LogP contribution in [0.15, 0.2) is 60.0 Å². The summed E-state index contributed by atoms with van der Waals surface area (Å²) in [6, 6.07) is 15.9. The Hall–Kier alpha value is -2.79. The van der Waals surface area contributed by atoms with Gasteiger partial charge in [0.2, 0.25) is 0 Å². The van der Waals surface area contributed by atoms with Crippen molar-refractivity contribution < 1.29 is 9.59 Å². The van der Waals surface area contributed by atoms with Crippen LogP contribution in [0.2, 0.25) is 0 Å². The van der Waals surface area contributed by atoms with Gasteiger partial charge in [-0.2, -0.15) is 0 Å². The second kappa shape index (κ2) is 8.06. The average Bonchev–Trinajstić information content (AvgIpc) is 3.15. The maximum absolute atomic E-state index is 12.7. The average molecular weight is 364 g/mol. The lowest BCUT2D eigenvalue weighted by Gasteiger charge is -2.09. The van der Waals surface area contributed by atoms with E-state index < -0.39 is 0 Å². The van der Waals surface area contributed by atoms with Crippen LogP contribution in [0.3, 0.4) is 0 Å². The number of benzene rings is 2. The lowest BCUT2D eigenvalue weighted by molar-refractivity contribution is 0.0939. The summed E-state index contributed by atoms with van der Waals surface area (Å²) in [6.45, 7) is 4.52. The fourth-order valence-corrected chi connectivity index (χ4v) is 3.39. The lowest BCUT2D eigenvalue weighted by Crippen LogP contribution is -2.25. The maximum atomic E-state index is 12.7. The third-order valence-corrected chi connectivity index (χ3v) is 5.14. The Kier molecular flexibility index (Phi) is 5.58. The molecule has 1 N–H and O–H groups in total. The van der Waals surface area contributed by atoms with Gasteiger partial charge in [-0.05, 0) is 6.07 Å². The minimum absolute atomic E-state index is 0.160. The van der Waals surface area contributed by atoms with Crippen LogP contribution in [0.1, 0.15) is 56.7 Å². The Balaban J connectivity index is 1.76. The number of ketones is 1. The SMILES string of the molecule is CC(C)c1nc(CNC(=O)c2ccccc2C(=O)c2ccccc2)cs1. The first-order chi connectivity index (χ1) is 12.6. The molecule has 0 atom stereocenters. The van der Waals surface area contributed by atoms with Crippen molar-refractivity contribution >= 4 is 23.0 Å². The normalized spacial score (nSPS) is 10.7. The second-order valence-electron chi connectivity index (χ2n) is 6.26. The molecule has 3 aromatic rings. The van der Waals surface area contributed by atoms with Crippen molar-refractivity contribution in [3.8, 4) is 0 Å². The van der Waals surface area contributed by atoms with Gasteiger partial charge in [-0.1, -0.05) is 62.4 Å². The van der Waals surface area contributed by atoms with Gasteiger partial charge < -0.3 is 5.32 Å². The predicted molar refractivity (Wildman–Crippen MR) is 104 cm³/mol. The number of hydrogen-bond donors (Lipinski definition) is 1. The summed E-state index contributed by atoms with van der Waals surface area (Å²) in [5.41, 5.74) is 2.17. The number of carbonyl (C=O) groups excluding carboxylic acids is 2. The molecule has 1 heterocycles. The van der Waals surface area contributed by atoms with Crippen LogP contribution < -0.4 is 5.32 Å². The highest BCUT2D eigenvalue weighted by molar-refractivity contribution is 7.09. The molecule has 0 radical (unpaired) electrons. The van der Waals surface area contributed by atoms with E-state index in [1.54, 1.807) is 47.7 Å². The molecule has 0 aliphatic rings. The van der Waals surface area contributed by atoms with E-state index in [0.717, 1.165) is 10.7 Å². The molecule has 0 saturated carbocycles. The molecule has 5 heteroatoms. The summed E-state index contributed by atoms with van der Waals surface area (Å²) >= 11 is 1.59. The zero-order chi connectivity index (χ0) is 18.5. The molecule has 0 aliphatic carbocycles. The van der Waals surface area contributed by atoms with Crippen molar-refractivity contribution in [1.82, 2.24) is 10.3 Å². The molecule has 0 spiro atoms. The topological polar surface area (TPSA) is 59.1 Å². The number of hydrogen-bond acceptors (Lipinski definition) is 4. The molecule has 1 aromatic heterocycles. The van der Waals surface area contributed by atoms with Crippen LogP contribution >= 0.6 is 11.3 Å². The van der Waals surface area contributed by atoms with E-state index in [9.17, 15) is 9.59 Å². The molecule has 0 bridgehead atoms. The number of rotatable bonds is 6. The van der Waals surface area contributed by atoms with E-state index in [4.69, 9.17) is 0 Å². The number of thiazole rings is 1. The molecular formula is C21H20N2O2S. The molecule has 2 aromatic carbocycles. The largest absolute Gasteiger partial charge is 0.346 e. The molecule has 1 amide bonds. The molecular weight excluding hydrogens is 344 g/mol. The first-order valence-corrected chi connectivity index (χ1v) is 9.35. The summed E-state index contributed by atoms with van der Waals surface area (Å²) in [7, 11) is 0. The van der Waals surface area contributed by atoms with Gasteiger partial charge in [0, 0.05) is 22.4 Å². The van der Waals surface area contributed by atoms with Crippen LogP contribution in [0.5, 0.6) is 0 Å². The van der Waals surface area contributed by atoms with Crippen molar-refractivity contribution in [3.05, 3.63) is 87.4 Å². The van der Waals surface area contributed by atoms with E-state index in [-0.39, 0.29) is 11.7 Å². The number of nitrogens with one attached hydrogen (secondary N) is 1. The van der Waals surface area contributed by atoms with Gasteiger partial charge in [0.15, 0.2) is 5.78 Å². The Bertz CT molecular complexity index is 917. The first-order valence-electron chi connectivity index (χ1n) is 8.47. The zero-order valence-corrected chi connectivity index (χ0v) is 15.5. The highest BCUT2D eigenvalue weighted by Gasteiger charge is 2.18. The molecule has 0 aliphatic heterocycles. The molecule has 0 unspecified atom stereocenters. The summed E-state index contributed by atoms with van der Waals surface area (Å²) in [5, 5.41) is 5.87. The predicted octanol–water partition coefficient (Wildman–Crippen LogP) is 4.43. The molecule has 3 rings (SSSR count).